The molecule has 15 heavy (non-hydrogen) atoms. The lowest BCUT2D eigenvalue weighted by Crippen LogP contribution is -2.18. The van der Waals surface area contributed by atoms with Crippen LogP contribution in [0.25, 0.3) is 10.1 Å². The third kappa shape index (κ3) is 1.69. The number of hydrogen-bond donors (Lipinski definition) is 0. The van der Waals surface area contributed by atoms with Crippen molar-refractivity contribution >= 4 is 34.2 Å². The fourth-order valence-corrected chi connectivity index (χ4v) is 3.08. The number of halogens is 1. The Morgan fingerprint density at radius 1 is 1.40 bits per heavy atom. The van der Waals surface area contributed by atoms with Gasteiger partial charge in [0, 0.05) is 10.1 Å². The average molecular weight is 220 g/mol. The first kappa shape index (κ1) is 10.7. The molecule has 0 aliphatic rings. The molecular weight excluding hydrogens is 206 g/mol. The molecule has 0 bridgehead atoms. The Hall–Kier alpha value is -0.825. The monoisotopic (exact) mass is 220 g/mol. The Morgan fingerprint density at radius 3 is 2.73 bits per heavy atom. The first-order valence-electron chi connectivity index (χ1n) is 5.33. The molecule has 0 aliphatic heterocycles. The molecule has 0 unspecified atom stereocenters. The third-order valence-electron chi connectivity index (χ3n) is 2.80. The highest BCUT2D eigenvalue weighted by Gasteiger charge is 2.14. The molecular formula is C12H14BFS. The second-order valence-corrected chi connectivity index (χ2v) is 5.01. The van der Waals surface area contributed by atoms with E-state index in [4.69, 9.17) is 0 Å². The summed E-state index contributed by atoms with van der Waals surface area (Å²) in [6.07, 6.45) is 0. The molecule has 0 fully saturated rings. The number of hydrogen-bond acceptors (Lipinski definition) is 1. The van der Waals surface area contributed by atoms with E-state index in [0.29, 0.717) is 5.92 Å². The highest BCUT2D eigenvalue weighted by molar-refractivity contribution is 7.18. The second-order valence-electron chi connectivity index (χ2n) is 4.10. The smallest absolute Gasteiger partial charge is 0.156 e. The van der Waals surface area contributed by atoms with E-state index in [0.717, 1.165) is 22.9 Å². The highest BCUT2D eigenvalue weighted by atomic mass is 32.1. The van der Waals surface area contributed by atoms with E-state index in [2.05, 4.69) is 20.7 Å². The summed E-state index contributed by atoms with van der Waals surface area (Å²) in [7, 11) is 0.977. The average Bonchev–Trinajstić information content (AvgIpc) is 2.66. The Balaban J connectivity index is 2.81. The summed E-state index contributed by atoms with van der Waals surface area (Å²) in [5, 5.41) is 2.75. The summed E-state index contributed by atoms with van der Waals surface area (Å²) in [5.41, 5.74) is 2.47. The van der Waals surface area contributed by atoms with Gasteiger partial charge in [0.25, 0.3) is 0 Å². The number of thiophene rings is 1. The van der Waals surface area contributed by atoms with Gasteiger partial charge < -0.3 is 0 Å². The Labute approximate surface area is 94.4 Å². The summed E-state index contributed by atoms with van der Waals surface area (Å²) in [4.78, 5) is 0. The molecule has 0 saturated heterocycles. The minimum absolute atomic E-state index is 0.0767. The molecule has 0 aliphatic carbocycles. The molecule has 0 N–H and O–H groups in total. The molecule has 0 amide bonds. The van der Waals surface area contributed by atoms with Crippen LogP contribution in [-0.4, -0.2) is 7.28 Å². The third-order valence-corrected chi connectivity index (χ3v) is 3.78. The Morgan fingerprint density at radius 2 is 2.13 bits per heavy atom. The SMILES string of the molecule is CBc1c(C(C)C)cc(F)c2ccsc12. The maximum absolute atomic E-state index is 13.8. The molecule has 0 atom stereocenters. The van der Waals surface area contributed by atoms with Crippen LogP contribution in [0.15, 0.2) is 17.5 Å². The van der Waals surface area contributed by atoms with E-state index < -0.39 is 0 Å². The van der Waals surface area contributed by atoms with E-state index in [1.54, 1.807) is 17.4 Å². The zero-order valence-corrected chi connectivity index (χ0v) is 10.1. The maximum Gasteiger partial charge on any atom is 0.156 e. The molecule has 2 aromatic rings. The standard InChI is InChI=1S/C12H14BFS/c1-7(2)9-6-10(14)8-4-5-15-12(8)11(9)13-3/h4-7,13H,1-3H3. The van der Waals surface area contributed by atoms with Crippen LogP contribution in [0, 0.1) is 5.82 Å². The van der Waals surface area contributed by atoms with E-state index in [1.807, 2.05) is 11.4 Å². The van der Waals surface area contributed by atoms with E-state index in [-0.39, 0.29) is 5.82 Å². The highest BCUT2D eigenvalue weighted by Crippen LogP contribution is 2.26. The molecule has 3 heteroatoms. The Bertz CT molecular complexity index is 488. The minimum Gasteiger partial charge on any atom is -0.206 e. The molecule has 78 valence electrons. The van der Waals surface area contributed by atoms with Crippen LogP contribution in [0.1, 0.15) is 25.3 Å². The van der Waals surface area contributed by atoms with Gasteiger partial charge in [0.1, 0.15) is 5.82 Å². The summed E-state index contributed by atoms with van der Waals surface area (Å²) in [6.45, 7) is 6.37. The second kappa shape index (κ2) is 3.97. The van der Waals surface area contributed by atoms with Gasteiger partial charge >= 0.3 is 0 Å². The topological polar surface area (TPSA) is 0 Å². The first-order chi connectivity index (χ1) is 7.15. The lowest BCUT2D eigenvalue weighted by Gasteiger charge is -2.12. The van der Waals surface area contributed by atoms with Gasteiger partial charge in [0.05, 0.1) is 0 Å². The van der Waals surface area contributed by atoms with Crippen molar-refractivity contribution in [3.63, 3.8) is 0 Å². The molecule has 0 radical (unpaired) electrons. The minimum atomic E-state index is -0.0767. The van der Waals surface area contributed by atoms with Crippen LogP contribution in [0.2, 0.25) is 6.82 Å². The van der Waals surface area contributed by atoms with E-state index in [1.165, 1.54) is 5.46 Å². The molecule has 1 aromatic heterocycles. The van der Waals surface area contributed by atoms with Crippen molar-refractivity contribution in [1.29, 1.82) is 0 Å². The molecule has 0 saturated carbocycles. The predicted molar refractivity (Wildman–Crippen MR) is 68.5 cm³/mol. The van der Waals surface area contributed by atoms with Crippen LogP contribution in [0.4, 0.5) is 4.39 Å². The van der Waals surface area contributed by atoms with Crippen molar-refractivity contribution in [2.75, 3.05) is 0 Å². The van der Waals surface area contributed by atoms with Crippen molar-refractivity contribution in [1.82, 2.24) is 0 Å². The van der Waals surface area contributed by atoms with Gasteiger partial charge in [-0.05, 0) is 29.0 Å². The van der Waals surface area contributed by atoms with Gasteiger partial charge in [-0.2, -0.15) is 0 Å². The summed E-state index contributed by atoms with van der Waals surface area (Å²) >= 11 is 1.64. The van der Waals surface area contributed by atoms with Crippen LogP contribution in [0.3, 0.4) is 0 Å². The van der Waals surface area contributed by atoms with Gasteiger partial charge in [-0.15, -0.1) is 11.3 Å². The predicted octanol–water partition coefficient (Wildman–Crippen LogP) is 3.27. The molecule has 2 rings (SSSR count). The van der Waals surface area contributed by atoms with Gasteiger partial charge in [-0.1, -0.05) is 26.1 Å². The lowest BCUT2D eigenvalue weighted by molar-refractivity contribution is 0.636. The Kier molecular flexibility index (Phi) is 2.83. The van der Waals surface area contributed by atoms with Gasteiger partial charge in [-0.3, -0.25) is 0 Å². The maximum atomic E-state index is 13.8. The zero-order valence-electron chi connectivity index (χ0n) is 9.30. The number of fused-ring (bicyclic) bond motifs is 1. The quantitative estimate of drug-likeness (QED) is 0.681. The summed E-state index contributed by atoms with van der Waals surface area (Å²) in [5.74, 6) is 0.313. The molecule has 0 nitrogen and oxygen atoms in total. The van der Waals surface area contributed by atoms with Crippen molar-refractivity contribution in [2.24, 2.45) is 0 Å². The van der Waals surface area contributed by atoms with Crippen molar-refractivity contribution in [3.05, 3.63) is 28.9 Å². The lowest BCUT2D eigenvalue weighted by atomic mass is 9.69. The van der Waals surface area contributed by atoms with Crippen LogP contribution in [0.5, 0.6) is 0 Å². The van der Waals surface area contributed by atoms with Crippen molar-refractivity contribution in [3.8, 4) is 0 Å². The van der Waals surface area contributed by atoms with Crippen molar-refractivity contribution in [2.45, 2.75) is 26.6 Å². The van der Waals surface area contributed by atoms with E-state index in [9.17, 15) is 4.39 Å². The van der Waals surface area contributed by atoms with Crippen LogP contribution >= 0.6 is 11.3 Å². The summed E-state index contributed by atoms with van der Waals surface area (Å²) in [6, 6.07) is 3.58. The normalized spacial score (nSPS) is 11.3. The zero-order chi connectivity index (χ0) is 11.0. The van der Waals surface area contributed by atoms with Gasteiger partial charge in [0.2, 0.25) is 0 Å². The van der Waals surface area contributed by atoms with Crippen LogP contribution in [-0.2, 0) is 0 Å². The molecule has 0 spiro atoms. The molecule has 1 heterocycles. The van der Waals surface area contributed by atoms with Crippen LogP contribution < -0.4 is 5.46 Å². The van der Waals surface area contributed by atoms with Gasteiger partial charge in [-0.25, -0.2) is 4.39 Å². The summed E-state index contributed by atoms with van der Waals surface area (Å²) < 4.78 is 14.9. The largest absolute Gasteiger partial charge is 0.206 e. The molecule has 1 aromatic carbocycles. The number of benzene rings is 1. The first-order valence-corrected chi connectivity index (χ1v) is 6.21. The van der Waals surface area contributed by atoms with E-state index >= 15 is 0 Å². The fourth-order valence-electron chi connectivity index (χ4n) is 2.04. The van der Waals surface area contributed by atoms with Crippen molar-refractivity contribution < 1.29 is 4.39 Å². The number of rotatable bonds is 2. The fraction of sp³-hybridized carbons (Fsp3) is 0.333. The van der Waals surface area contributed by atoms with Gasteiger partial charge in [0.15, 0.2) is 7.28 Å².